The van der Waals surface area contributed by atoms with Gasteiger partial charge in [-0.15, -0.1) is 0 Å². The lowest BCUT2D eigenvalue weighted by Crippen LogP contribution is -2.24. The van der Waals surface area contributed by atoms with E-state index in [4.69, 9.17) is 18.9 Å². The van der Waals surface area contributed by atoms with E-state index in [-0.39, 0.29) is 13.4 Å². The van der Waals surface area contributed by atoms with Gasteiger partial charge in [0.2, 0.25) is 12.7 Å². The van der Waals surface area contributed by atoms with Crippen molar-refractivity contribution in [3.8, 4) is 17.6 Å². The van der Waals surface area contributed by atoms with Gasteiger partial charge in [0.05, 0.1) is 18.1 Å². The number of nitriles is 1. The van der Waals surface area contributed by atoms with Crippen molar-refractivity contribution >= 4 is 11.9 Å². The summed E-state index contributed by atoms with van der Waals surface area (Å²) in [4.78, 5) is 12.7. The molecular weight excluding hydrogens is 360 g/mol. The number of ether oxygens (including phenoxy) is 4. The molecule has 0 bridgehead atoms. The third kappa shape index (κ3) is 2.89. The zero-order valence-electron chi connectivity index (χ0n) is 15.5. The first-order valence-electron chi connectivity index (χ1n) is 8.87. The number of carbonyl (C=O) groups is 1. The quantitative estimate of drug-likeness (QED) is 0.757. The van der Waals surface area contributed by atoms with E-state index in [0.717, 1.165) is 5.56 Å². The average molecular weight is 378 g/mol. The molecule has 0 saturated heterocycles. The Balaban J connectivity index is 1.90. The number of nitrogens with zero attached hydrogens (tertiary/aromatic N) is 2. The van der Waals surface area contributed by atoms with Crippen LogP contribution in [0.1, 0.15) is 25.3 Å². The van der Waals surface area contributed by atoms with Crippen molar-refractivity contribution in [2.45, 2.75) is 19.8 Å². The molecular formula is C21H18N2O5. The zero-order valence-corrected chi connectivity index (χ0v) is 15.5. The van der Waals surface area contributed by atoms with Crippen LogP contribution in [-0.4, -0.2) is 23.9 Å². The van der Waals surface area contributed by atoms with E-state index in [1.54, 1.807) is 42.9 Å². The maximum absolute atomic E-state index is 12.7. The first-order chi connectivity index (χ1) is 13.6. The molecule has 28 heavy (non-hydrogen) atoms. The molecule has 4 rings (SSSR count). The van der Waals surface area contributed by atoms with Crippen molar-refractivity contribution in [2.24, 2.45) is 0 Å². The van der Waals surface area contributed by atoms with Gasteiger partial charge in [-0.3, -0.25) is 4.57 Å². The molecule has 2 aliphatic heterocycles. The van der Waals surface area contributed by atoms with E-state index in [1.165, 1.54) is 0 Å². The van der Waals surface area contributed by atoms with E-state index in [2.05, 4.69) is 6.07 Å². The van der Waals surface area contributed by atoms with Crippen LogP contribution in [0.3, 0.4) is 0 Å². The number of carbonyl (C=O) groups excluding carboxylic acids is 1. The highest BCUT2D eigenvalue weighted by atomic mass is 16.7. The Bertz CT molecular complexity index is 1030. The number of benzene rings is 1. The highest BCUT2D eigenvalue weighted by Crippen LogP contribution is 2.44. The molecule has 0 unspecified atom stereocenters. The van der Waals surface area contributed by atoms with E-state index < -0.39 is 11.9 Å². The lowest BCUT2D eigenvalue weighted by atomic mass is 9.83. The summed E-state index contributed by atoms with van der Waals surface area (Å²) in [6.07, 6.45) is 3.57. The maximum Gasteiger partial charge on any atom is 0.338 e. The van der Waals surface area contributed by atoms with Crippen molar-refractivity contribution in [3.05, 3.63) is 65.2 Å². The van der Waals surface area contributed by atoms with Crippen LogP contribution in [0.2, 0.25) is 0 Å². The molecule has 142 valence electrons. The molecule has 0 fully saturated rings. The molecule has 7 heteroatoms. The SMILES string of the molecule is CCOC(=O)C1=C(C)OC(n2cccc2)=C(C#N)[C@@H]1c1ccc2c(c1)OCO2. The van der Waals surface area contributed by atoms with Gasteiger partial charge < -0.3 is 18.9 Å². The topological polar surface area (TPSA) is 82.7 Å². The van der Waals surface area contributed by atoms with Gasteiger partial charge >= 0.3 is 5.97 Å². The fourth-order valence-electron chi connectivity index (χ4n) is 3.40. The van der Waals surface area contributed by atoms with Crippen LogP contribution in [0.25, 0.3) is 5.88 Å². The summed E-state index contributed by atoms with van der Waals surface area (Å²) in [5.41, 5.74) is 1.33. The maximum atomic E-state index is 12.7. The van der Waals surface area contributed by atoms with Gasteiger partial charge in [0.25, 0.3) is 0 Å². The first kappa shape index (κ1) is 17.7. The number of hydrogen-bond donors (Lipinski definition) is 0. The number of allylic oxidation sites excluding steroid dienone is 2. The van der Waals surface area contributed by atoms with Crippen LogP contribution in [-0.2, 0) is 14.3 Å². The lowest BCUT2D eigenvalue weighted by molar-refractivity contribution is -0.139. The molecule has 3 heterocycles. The van der Waals surface area contributed by atoms with E-state index >= 15 is 0 Å². The van der Waals surface area contributed by atoms with Gasteiger partial charge in [-0.2, -0.15) is 5.26 Å². The van der Waals surface area contributed by atoms with Crippen molar-refractivity contribution < 1.29 is 23.7 Å². The second-order valence-corrected chi connectivity index (χ2v) is 6.26. The van der Waals surface area contributed by atoms with Crippen molar-refractivity contribution in [1.29, 1.82) is 5.26 Å². The Morgan fingerprint density at radius 3 is 2.75 bits per heavy atom. The summed E-state index contributed by atoms with van der Waals surface area (Å²) < 4.78 is 23.7. The van der Waals surface area contributed by atoms with Crippen LogP contribution in [0.15, 0.2) is 59.6 Å². The predicted molar refractivity (Wildman–Crippen MR) is 99.0 cm³/mol. The van der Waals surface area contributed by atoms with Crippen LogP contribution in [0, 0.1) is 11.3 Å². The second kappa shape index (κ2) is 7.16. The molecule has 0 N–H and O–H groups in total. The van der Waals surface area contributed by atoms with Gasteiger partial charge in [-0.25, -0.2) is 4.79 Å². The van der Waals surface area contributed by atoms with E-state index in [1.807, 2.05) is 18.2 Å². The van der Waals surface area contributed by atoms with Crippen LogP contribution in [0.5, 0.6) is 11.5 Å². The molecule has 7 nitrogen and oxygen atoms in total. The normalized spacial score (nSPS) is 18.0. The van der Waals surface area contributed by atoms with Crippen LogP contribution in [0.4, 0.5) is 0 Å². The summed E-state index contributed by atoms with van der Waals surface area (Å²) in [6, 6.07) is 11.3. The predicted octanol–water partition coefficient (Wildman–Crippen LogP) is 3.56. The second-order valence-electron chi connectivity index (χ2n) is 6.26. The third-order valence-electron chi connectivity index (χ3n) is 4.62. The number of aromatic nitrogens is 1. The van der Waals surface area contributed by atoms with Crippen molar-refractivity contribution in [2.75, 3.05) is 13.4 Å². The molecule has 0 amide bonds. The average Bonchev–Trinajstić information content (AvgIpc) is 3.38. The fraction of sp³-hybridized carbons (Fsp3) is 0.238. The standard InChI is InChI=1S/C21H18N2O5/c1-3-25-21(24)18-13(2)28-20(23-8-4-5-9-23)15(11-22)19(18)14-6-7-16-17(10-14)27-12-26-16/h4-10,19H,3,12H2,1-2H3/t19-/m0/s1. The number of esters is 1. The van der Waals surface area contributed by atoms with Crippen LogP contribution >= 0.6 is 0 Å². The van der Waals surface area contributed by atoms with Gasteiger partial charge in [0.1, 0.15) is 17.4 Å². The van der Waals surface area contributed by atoms with Gasteiger partial charge in [0.15, 0.2) is 11.5 Å². The highest BCUT2D eigenvalue weighted by molar-refractivity contribution is 5.93. The molecule has 1 aromatic carbocycles. The minimum atomic E-state index is -0.648. The Kier molecular flexibility index (Phi) is 4.53. The Labute approximate surface area is 162 Å². The van der Waals surface area contributed by atoms with Gasteiger partial charge in [-0.1, -0.05) is 6.07 Å². The molecule has 0 aliphatic carbocycles. The third-order valence-corrected chi connectivity index (χ3v) is 4.62. The molecule has 0 saturated carbocycles. The Hall–Kier alpha value is -3.66. The Morgan fingerprint density at radius 2 is 2.04 bits per heavy atom. The molecule has 0 spiro atoms. The van der Waals surface area contributed by atoms with Crippen molar-refractivity contribution in [1.82, 2.24) is 4.57 Å². The Morgan fingerprint density at radius 1 is 1.29 bits per heavy atom. The lowest BCUT2D eigenvalue weighted by Gasteiger charge is -2.28. The molecule has 2 aliphatic rings. The fourth-order valence-corrected chi connectivity index (χ4v) is 3.40. The largest absolute Gasteiger partial charge is 0.463 e. The van der Waals surface area contributed by atoms with E-state index in [0.29, 0.717) is 34.3 Å². The summed E-state index contributed by atoms with van der Waals surface area (Å²) in [6.45, 7) is 3.80. The minimum absolute atomic E-state index is 0.141. The van der Waals surface area contributed by atoms with Gasteiger partial charge in [-0.05, 0) is 43.7 Å². The minimum Gasteiger partial charge on any atom is -0.463 e. The molecule has 1 aromatic heterocycles. The summed E-state index contributed by atoms with van der Waals surface area (Å²) in [7, 11) is 0. The smallest absolute Gasteiger partial charge is 0.338 e. The summed E-state index contributed by atoms with van der Waals surface area (Å²) in [5, 5.41) is 9.97. The molecule has 0 radical (unpaired) electrons. The number of rotatable bonds is 4. The van der Waals surface area contributed by atoms with E-state index in [9.17, 15) is 10.1 Å². The van der Waals surface area contributed by atoms with Crippen molar-refractivity contribution in [3.63, 3.8) is 0 Å². The zero-order chi connectivity index (χ0) is 19.7. The molecule has 1 atom stereocenters. The highest BCUT2D eigenvalue weighted by Gasteiger charge is 2.38. The molecule has 2 aromatic rings. The van der Waals surface area contributed by atoms with Crippen LogP contribution < -0.4 is 9.47 Å². The number of fused-ring (bicyclic) bond motifs is 1. The summed E-state index contributed by atoms with van der Waals surface area (Å²) in [5.74, 6) is 0.795. The first-order valence-corrected chi connectivity index (χ1v) is 8.87. The monoisotopic (exact) mass is 378 g/mol. The van der Waals surface area contributed by atoms with Gasteiger partial charge in [0, 0.05) is 12.4 Å². The summed E-state index contributed by atoms with van der Waals surface area (Å²) >= 11 is 0. The number of hydrogen-bond acceptors (Lipinski definition) is 6.